The minimum absolute atomic E-state index is 0.352. The maximum atomic E-state index is 12.1. The Labute approximate surface area is 159 Å². The number of hydrogen-bond donors (Lipinski definition) is 1. The number of aliphatic carboxylic acids is 1. The molecule has 0 saturated carbocycles. The first kappa shape index (κ1) is 18.9. The van der Waals surface area contributed by atoms with E-state index in [1.807, 2.05) is 19.1 Å². The molecule has 1 aliphatic heterocycles. The van der Waals surface area contributed by atoms with Crippen LogP contribution >= 0.6 is 0 Å². The number of nitrogens with zero attached hydrogens (tertiary/aromatic N) is 3. The SMILES string of the molecule is CCc1cc(N2CCC(Oc3ccccc3OC)(C(=O)O)CC2)nc(C)n1. The molecule has 1 N–H and O–H groups in total. The lowest BCUT2D eigenvalue weighted by Crippen LogP contribution is -2.53. The van der Waals surface area contributed by atoms with Crippen LogP contribution in [0.5, 0.6) is 11.5 Å². The predicted octanol–water partition coefficient (Wildman–Crippen LogP) is 2.86. The summed E-state index contributed by atoms with van der Waals surface area (Å²) in [6, 6.07) is 9.10. The average Bonchev–Trinajstić information content (AvgIpc) is 2.68. The number of ether oxygens (including phenoxy) is 2. The second-order valence-corrected chi connectivity index (χ2v) is 6.66. The van der Waals surface area contributed by atoms with Gasteiger partial charge in [0.2, 0.25) is 5.60 Å². The second-order valence-electron chi connectivity index (χ2n) is 6.66. The number of carbonyl (C=O) groups is 1. The van der Waals surface area contributed by atoms with Crippen LogP contribution in [-0.4, -0.2) is 46.8 Å². The molecule has 0 spiro atoms. The van der Waals surface area contributed by atoms with Gasteiger partial charge in [0.15, 0.2) is 11.5 Å². The van der Waals surface area contributed by atoms with Gasteiger partial charge in [-0.15, -0.1) is 0 Å². The molecule has 1 aromatic heterocycles. The summed E-state index contributed by atoms with van der Waals surface area (Å²) in [6.07, 6.45) is 1.54. The molecule has 0 atom stereocenters. The Morgan fingerprint density at radius 3 is 2.48 bits per heavy atom. The van der Waals surface area contributed by atoms with Gasteiger partial charge >= 0.3 is 5.97 Å². The summed E-state index contributed by atoms with van der Waals surface area (Å²) in [5, 5.41) is 9.89. The van der Waals surface area contributed by atoms with E-state index in [0.717, 1.165) is 23.8 Å². The Morgan fingerprint density at radius 1 is 1.22 bits per heavy atom. The lowest BCUT2D eigenvalue weighted by molar-refractivity contribution is -0.157. The smallest absolute Gasteiger partial charge is 0.348 e. The molecule has 0 unspecified atom stereocenters. The van der Waals surface area contributed by atoms with Crippen molar-refractivity contribution in [1.82, 2.24) is 9.97 Å². The van der Waals surface area contributed by atoms with E-state index in [2.05, 4.69) is 21.8 Å². The van der Waals surface area contributed by atoms with Crippen molar-refractivity contribution in [3.8, 4) is 11.5 Å². The Kier molecular flexibility index (Phi) is 5.48. The highest BCUT2D eigenvalue weighted by Gasteiger charge is 2.45. The standard InChI is InChI=1S/C20H25N3O4/c1-4-15-13-18(22-14(2)21-15)23-11-9-20(10-12-23,19(24)25)27-17-8-6-5-7-16(17)26-3/h5-8,13H,4,9-12H2,1-3H3,(H,24,25). The molecule has 27 heavy (non-hydrogen) atoms. The molecule has 1 saturated heterocycles. The van der Waals surface area contributed by atoms with Crippen molar-refractivity contribution in [2.24, 2.45) is 0 Å². The molecule has 2 aromatic rings. The first-order valence-electron chi connectivity index (χ1n) is 9.12. The van der Waals surface area contributed by atoms with Crippen LogP contribution < -0.4 is 14.4 Å². The topological polar surface area (TPSA) is 84.8 Å². The monoisotopic (exact) mass is 371 g/mol. The number of aryl methyl sites for hydroxylation is 2. The third-order valence-electron chi connectivity index (χ3n) is 4.90. The maximum Gasteiger partial charge on any atom is 0.348 e. The summed E-state index contributed by atoms with van der Waals surface area (Å²) in [7, 11) is 1.54. The number of hydrogen-bond acceptors (Lipinski definition) is 6. The number of para-hydroxylation sites is 2. The summed E-state index contributed by atoms with van der Waals surface area (Å²) < 4.78 is 11.3. The van der Waals surface area contributed by atoms with Crippen LogP contribution in [0.4, 0.5) is 5.82 Å². The quantitative estimate of drug-likeness (QED) is 0.836. The van der Waals surface area contributed by atoms with Gasteiger partial charge in [0, 0.05) is 37.7 Å². The van der Waals surface area contributed by atoms with E-state index < -0.39 is 11.6 Å². The van der Waals surface area contributed by atoms with Gasteiger partial charge < -0.3 is 19.5 Å². The van der Waals surface area contributed by atoms with E-state index in [4.69, 9.17) is 9.47 Å². The molecule has 1 aliphatic rings. The minimum atomic E-state index is -1.28. The Hall–Kier alpha value is -2.83. The number of anilines is 1. The number of carboxylic acids is 1. The lowest BCUT2D eigenvalue weighted by Gasteiger charge is -2.39. The molecule has 1 fully saturated rings. The van der Waals surface area contributed by atoms with Crippen molar-refractivity contribution >= 4 is 11.8 Å². The van der Waals surface area contributed by atoms with Gasteiger partial charge in [-0.25, -0.2) is 14.8 Å². The van der Waals surface area contributed by atoms with Crippen molar-refractivity contribution in [3.05, 3.63) is 41.9 Å². The summed E-state index contributed by atoms with van der Waals surface area (Å²) >= 11 is 0. The molecular formula is C20H25N3O4. The molecular weight excluding hydrogens is 346 g/mol. The van der Waals surface area contributed by atoms with Gasteiger partial charge in [-0.05, 0) is 25.5 Å². The van der Waals surface area contributed by atoms with Crippen molar-refractivity contribution < 1.29 is 19.4 Å². The van der Waals surface area contributed by atoms with E-state index in [1.54, 1.807) is 25.3 Å². The van der Waals surface area contributed by atoms with Crippen molar-refractivity contribution in [3.63, 3.8) is 0 Å². The molecule has 1 aromatic carbocycles. The molecule has 7 nitrogen and oxygen atoms in total. The van der Waals surface area contributed by atoms with Gasteiger partial charge in [-0.1, -0.05) is 19.1 Å². The highest BCUT2D eigenvalue weighted by Crippen LogP contribution is 2.35. The summed E-state index contributed by atoms with van der Waals surface area (Å²) in [6.45, 7) is 5.01. The molecule has 7 heteroatoms. The fourth-order valence-electron chi connectivity index (χ4n) is 3.33. The zero-order valence-electron chi connectivity index (χ0n) is 15.9. The summed E-state index contributed by atoms with van der Waals surface area (Å²) in [5.41, 5.74) is -0.293. The van der Waals surface area contributed by atoms with Gasteiger partial charge in [-0.2, -0.15) is 0 Å². The number of benzene rings is 1. The van der Waals surface area contributed by atoms with E-state index >= 15 is 0 Å². The van der Waals surface area contributed by atoms with Gasteiger partial charge in [0.1, 0.15) is 11.6 Å². The van der Waals surface area contributed by atoms with Crippen LogP contribution in [0.25, 0.3) is 0 Å². The molecule has 0 amide bonds. The Morgan fingerprint density at radius 2 is 1.89 bits per heavy atom. The number of rotatable bonds is 6. The molecule has 144 valence electrons. The van der Waals surface area contributed by atoms with Crippen molar-refractivity contribution in [2.75, 3.05) is 25.1 Å². The first-order valence-corrected chi connectivity index (χ1v) is 9.12. The zero-order chi connectivity index (χ0) is 19.4. The molecule has 0 radical (unpaired) electrons. The van der Waals surface area contributed by atoms with Crippen LogP contribution in [0.1, 0.15) is 31.3 Å². The largest absolute Gasteiger partial charge is 0.493 e. The second kappa shape index (κ2) is 7.82. The predicted molar refractivity (Wildman–Crippen MR) is 102 cm³/mol. The Bertz CT molecular complexity index is 817. The molecule has 0 bridgehead atoms. The van der Waals surface area contributed by atoms with Gasteiger partial charge in [-0.3, -0.25) is 0 Å². The normalized spacial score (nSPS) is 16.0. The van der Waals surface area contributed by atoms with E-state index in [1.165, 1.54) is 0 Å². The third kappa shape index (κ3) is 3.97. The highest BCUT2D eigenvalue weighted by atomic mass is 16.5. The Balaban J connectivity index is 1.79. The first-order chi connectivity index (χ1) is 13.0. The molecule has 3 rings (SSSR count). The van der Waals surface area contributed by atoms with Crippen molar-refractivity contribution in [1.29, 1.82) is 0 Å². The van der Waals surface area contributed by atoms with E-state index in [9.17, 15) is 9.90 Å². The number of aromatic nitrogens is 2. The molecule has 2 heterocycles. The van der Waals surface area contributed by atoms with E-state index in [-0.39, 0.29) is 0 Å². The van der Waals surface area contributed by atoms with Crippen LogP contribution in [-0.2, 0) is 11.2 Å². The number of piperidine rings is 1. The zero-order valence-corrected chi connectivity index (χ0v) is 15.9. The number of methoxy groups -OCH3 is 1. The highest BCUT2D eigenvalue weighted by molar-refractivity contribution is 5.78. The number of carboxylic acid groups (broad SMARTS) is 1. The van der Waals surface area contributed by atoms with Crippen LogP contribution in [0.15, 0.2) is 30.3 Å². The van der Waals surface area contributed by atoms with Gasteiger partial charge in [0.25, 0.3) is 0 Å². The fraction of sp³-hybridized carbons (Fsp3) is 0.450. The maximum absolute atomic E-state index is 12.1. The van der Waals surface area contributed by atoms with Crippen LogP contribution in [0, 0.1) is 6.92 Å². The van der Waals surface area contributed by atoms with Crippen molar-refractivity contribution in [2.45, 2.75) is 38.7 Å². The average molecular weight is 371 g/mol. The molecule has 0 aliphatic carbocycles. The summed E-state index contributed by atoms with van der Waals surface area (Å²) in [5.74, 6) is 1.59. The van der Waals surface area contributed by atoms with Crippen LogP contribution in [0.3, 0.4) is 0 Å². The summed E-state index contributed by atoms with van der Waals surface area (Å²) in [4.78, 5) is 23.1. The minimum Gasteiger partial charge on any atom is -0.493 e. The fourth-order valence-corrected chi connectivity index (χ4v) is 3.33. The van der Waals surface area contributed by atoms with E-state index in [0.29, 0.717) is 37.4 Å². The third-order valence-corrected chi connectivity index (χ3v) is 4.90. The lowest BCUT2D eigenvalue weighted by atomic mass is 9.91. The van der Waals surface area contributed by atoms with Crippen LogP contribution in [0.2, 0.25) is 0 Å². The van der Waals surface area contributed by atoms with Gasteiger partial charge in [0.05, 0.1) is 7.11 Å².